The molecule has 0 N–H and O–H groups in total. The third kappa shape index (κ3) is 5.45. The highest BCUT2D eigenvalue weighted by Crippen LogP contribution is 2.26. The lowest BCUT2D eigenvalue weighted by molar-refractivity contribution is -0.137. The topological polar surface area (TPSA) is 57.7 Å². The largest absolute Gasteiger partial charge is 0.343 e. The van der Waals surface area contributed by atoms with Crippen molar-refractivity contribution in [1.82, 2.24) is 9.21 Å². The zero-order valence-electron chi connectivity index (χ0n) is 16.8. The van der Waals surface area contributed by atoms with Gasteiger partial charge in [0, 0.05) is 37.5 Å². The van der Waals surface area contributed by atoms with Crippen molar-refractivity contribution in [3.05, 3.63) is 41.3 Å². The van der Waals surface area contributed by atoms with E-state index in [2.05, 4.69) is 0 Å². The Morgan fingerprint density at radius 3 is 2.21 bits per heavy atom. The van der Waals surface area contributed by atoms with Gasteiger partial charge < -0.3 is 4.90 Å². The number of carbonyl (C=O) groups is 1. The fraction of sp³-hybridized carbons (Fsp3) is 0.591. The SMILES string of the molecule is CN(C(=O)C1CCN(S(=O)(=O)/C=C/c2ccccc2)CC1)C1CCCCCC1. The van der Waals surface area contributed by atoms with Gasteiger partial charge in [-0.1, -0.05) is 56.0 Å². The Balaban J connectivity index is 1.54. The molecular formula is C22H32N2O3S. The standard InChI is InChI=1S/C22H32N2O3S/c1-23(21-11-7-2-3-8-12-21)22(25)20-13-16-24(17-14-20)28(26,27)18-15-19-9-5-4-6-10-19/h4-6,9-10,15,18,20-21H,2-3,7-8,11-14,16-17H2,1H3/b18-15+. The molecule has 0 atom stereocenters. The number of benzene rings is 1. The van der Waals surface area contributed by atoms with E-state index in [1.165, 1.54) is 35.4 Å². The summed E-state index contributed by atoms with van der Waals surface area (Å²) >= 11 is 0. The van der Waals surface area contributed by atoms with Crippen molar-refractivity contribution in [3.8, 4) is 0 Å². The van der Waals surface area contributed by atoms with Gasteiger partial charge in [0.05, 0.1) is 0 Å². The Morgan fingerprint density at radius 1 is 1.00 bits per heavy atom. The van der Waals surface area contributed by atoms with E-state index in [4.69, 9.17) is 0 Å². The van der Waals surface area contributed by atoms with Gasteiger partial charge in [-0.25, -0.2) is 8.42 Å². The van der Waals surface area contributed by atoms with Crippen molar-refractivity contribution in [2.45, 2.75) is 57.4 Å². The van der Waals surface area contributed by atoms with E-state index < -0.39 is 10.0 Å². The van der Waals surface area contributed by atoms with Crippen LogP contribution in [0.2, 0.25) is 0 Å². The molecule has 28 heavy (non-hydrogen) atoms. The van der Waals surface area contributed by atoms with E-state index in [1.54, 1.807) is 6.08 Å². The van der Waals surface area contributed by atoms with Crippen LogP contribution in [0.1, 0.15) is 56.9 Å². The summed E-state index contributed by atoms with van der Waals surface area (Å²) in [6, 6.07) is 9.77. The molecule has 6 heteroatoms. The third-order valence-electron chi connectivity index (χ3n) is 6.12. The maximum atomic E-state index is 12.9. The van der Waals surface area contributed by atoms with Crippen LogP contribution < -0.4 is 0 Å². The lowest BCUT2D eigenvalue weighted by Gasteiger charge is -2.35. The zero-order valence-corrected chi connectivity index (χ0v) is 17.6. The first-order valence-electron chi connectivity index (χ1n) is 10.5. The Hall–Kier alpha value is -1.66. The highest BCUT2D eigenvalue weighted by Gasteiger charge is 2.33. The van der Waals surface area contributed by atoms with E-state index in [-0.39, 0.29) is 11.8 Å². The van der Waals surface area contributed by atoms with Crippen LogP contribution in [0, 0.1) is 5.92 Å². The highest BCUT2D eigenvalue weighted by atomic mass is 32.2. The van der Waals surface area contributed by atoms with Crippen LogP contribution in [0.4, 0.5) is 0 Å². The first kappa shape index (κ1) is 21.1. The van der Waals surface area contributed by atoms with Gasteiger partial charge in [0.1, 0.15) is 0 Å². The molecule has 1 aromatic rings. The molecule has 1 heterocycles. The van der Waals surface area contributed by atoms with E-state index in [1.807, 2.05) is 42.3 Å². The minimum absolute atomic E-state index is 0.0576. The third-order valence-corrected chi connectivity index (χ3v) is 7.68. The molecule has 1 aliphatic carbocycles. The number of nitrogens with zero attached hydrogens (tertiary/aromatic N) is 2. The van der Waals surface area contributed by atoms with Crippen LogP contribution in [0.15, 0.2) is 35.7 Å². The average Bonchev–Trinajstić information content (AvgIpc) is 3.02. The first-order chi connectivity index (χ1) is 13.5. The summed E-state index contributed by atoms with van der Waals surface area (Å²) in [5, 5.41) is 1.28. The van der Waals surface area contributed by atoms with Gasteiger partial charge in [-0.15, -0.1) is 0 Å². The second kappa shape index (κ2) is 9.70. The van der Waals surface area contributed by atoms with Crippen molar-refractivity contribution < 1.29 is 13.2 Å². The molecule has 1 aromatic carbocycles. The number of amides is 1. The van der Waals surface area contributed by atoms with Crippen LogP contribution in [-0.2, 0) is 14.8 Å². The van der Waals surface area contributed by atoms with Gasteiger partial charge in [-0.05, 0) is 37.3 Å². The molecule has 1 amide bonds. The summed E-state index contributed by atoms with van der Waals surface area (Å²) in [4.78, 5) is 14.9. The number of rotatable bonds is 5. The molecule has 1 saturated carbocycles. The summed E-state index contributed by atoms with van der Waals surface area (Å²) in [6.07, 6.45) is 9.98. The number of sulfonamides is 1. The van der Waals surface area contributed by atoms with E-state index >= 15 is 0 Å². The van der Waals surface area contributed by atoms with Gasteiger partial charge in [0.15, 0.2) is 0 Å². The Morgan fingerprint density at radius 2 is 1.61 bits per heavy atom. The quantitative estimate of drug-likeness (QED) is 0.700. The zero-order chi connectivity index (χ0) is 20.0. The van der Waals surface area contributed by atoms with Crippen molar-refractivity contribution >= 4 is 22.0 Å². The molecule has 0 spiro atoms. The Kier molecular flexibility index (Phi) is 7.30. The number of carbonyl (C=O) groups excluding carboxylic acids is 1. The van der Waals surface area contributed by atoms with Gasteiger partial charge in [0.25, 0.3) is 0 Å². The summed E-state index contributed by atoms with van der Waals surface area (Å²) < 4.78 is 26.7. The normalized spacial score (nSPS) is 20.9. The second-order valence-electron chi connectivity index (χ2n) is 8.03. The molecule has 2 fully saturated rings. The van der Waals surface area contributed by atoms with E-state index in [0.717, 1.165) is 18.4 Å². The molecule has 5 nitrogen and oxygen atoms in total. The van der Waals surface area contributed by atoms with Crippen LogP contribution in [-0.4, -0.2) is 49.7 Å². The van der Waals surface area contributed by atoms with Gasteiger partial charge in [-0.3, -0.25) is 4.79 Å². The van der Waals surface area contributed by atoms with Crippen LogP contribution in [0.5, 0.6) is 0 Å². The van der Waals surface area contributed by atoms with Gasteiger partial charge in [0.2, 0.25) is 15.9 Å². The minimum atomic E-state index is -3.45. The number of piperidine rings is 1. The van der Waals surface area contributed by atoms with Crippen molar-refractivity contribution in [1.29, 1.82) is 0 Å². The average molecular weight is 405 g/mol. The van der Waals surface area contributed by atoms with Gasteiger partial charge in [-0.2, -0.15) is 4.31 Å². The first-order valence-corrected chi connectivity index (χ1v) is 12.0. The molecule has 1 aliphatic heterocycles. The molecule has 154 valence electrons. The number of hydrogen-bond donors (Lipinski definition) is 0. The maximum absolute atomic E-state index is 12.9. The highest BCUT2D eigenvalue weighted by molar-refractivity contribution is 7.92. The van der Waals surface area contributed by atoms with Gasteiger partial charge >= 0.3 is 0 Å². The summed E-state index contributed by atoms with van der Waals surface area (Å²) in [7, 11) is -1.51. The summed E-state index contributed by atoms with van der Waals surface area (Å²) in [6.45, 7) is 0.826. The van der Waals surface area contributed by atoms with Crippen LogP contribution in [0.25, 0.3) is 6.08 Å². The van der Waals surface area contributed by atoms with Crippen molar-refractivity contribution in [3.63, 3.8) is 0 Å². The van der Waals surface area contributed by atoms with E-state index in [0.29, 0.717) is 32.0 Å². The smallest absolute Gasteiger partial charge is 0.236 e. The molecule has 3 rings (SSSR count). The lowest BCUT2D eigenvalue weighted by atomic mass is 9.95. The summed E-state index contributed by atoms with van der Waals surface area (Å²) in [5.41, 5.74) is 0.862. The maximum Gasteiger partial charge on any atom is 0.236 e. The molecule has 0 aromatic heterocycles. The lowest BCUT2D eigenvalue weighted by Crippen LogP contribution is -2.45. The molecule has 0 bridgehead atoms. The van der Waals surface area contributed by atoms with Crippen molar-refractivity contribution in [2.75, 3.05) is 20.1 Å². The second-order valence-corrected chi connectivity index (χ2v) is 9.84. The summed E-state index contributed by atoms with van der Waals surface area (Å²) in [5.74, 6) is 0.140. The van der Waals surface area contributed by atoms with Crippen LogP contribution >= 0.6 is 0 Å². The fourth-order valence-electron chi connectivity index (χ4n) is 4.29. The molecule has 0 unspecified atom stereocenters. The molecule has 0 radical (unpaired) electrons. The molecular weight excluding hydrogens is 372 g/mol. The fourth-order valence-corrected chi connectivity index (χ4v) is 5.51. The Bertz CT molecular complexity index is 760. The monoisotopic (exact) mass is 404 g/mol. The Labute approximate surface area is 169 Å². The predicted molar refractivity (Wildman–Crippen MR) is 113 cm³/mol. The number of hydrogen-bond acceptors (Lipinski definition) is 3. The van der Waals surface area contributed by atoms with E-state index in [9.17, 15) is 13.2 Å². The molecule has 1 saturated heterocycles. The van der Waals surface area contributed by atoms with Crippen LogP contribution in [0.3, 0.4) is 0 Å². The predicted octanol–water partition coefficient (Wildman–Crippen LogP) is 3.88. The minimum Gasteiger partial charge on any atom is -0.343 e. The van der Waals surface area contributed by atoms with Crippen molar-refractivity contribution in [2.24, 2.45) is 5.92 Å². The molecule has 2 aliphatic rings.